The van der Waals surface area contributed by atoms with Crippen LogP contribution in [-0.4, -0.2) is 38.1 Å². The molecule has 2 rings (SSSR count). The molecule has 0 radical (unpaired) electrons. The molecule has 1 aliphatic heterocycles. The Balaban J connectivity index is 0.000000267. The maximum absolute atomic E-state index is 11.9. The van der Waals surface area contributed by atoms with E-state index in [1.165, 1.54) is 31.3 Å². The molecule has 0 aliphatic carbocycles. The van der Waals surface area contributed by atoms with Crippen LogP contribution in [0.2, 0.25) is 0 Å². The smallest absolute Gasteiger partial charge is 0.126 e. The van der Waals surface area contributed by atoms with E-state index in [1.54, 1.807) is 0 Å². The van der Waals surface area contributed by atoms with Crippen molar-refractivity contribution in [3.63, 3.8) is 0 Å². The summed E-state index contributed by atoms with van der Waals surface area (Å²) >= 11 is 0. The Labute approximate surface area is 96.3 Å². The van der Waals surface area contributed by atoms with E-state index in [0.717, 1.165) is 19.2 Å². The minimum absolute atomic E-state index is 0. The first-order valence-corrected chi connectivity index (χ1v) is 4.99. The van der Waals surface area contributed by atoms with Crippen LogP contribution in [-0.2, 0) is 0 Å². The molecule has 0 bridgehead atoms. The van der Waals surface area contributed by atoms with E-state index < -0.39 is 11.6 Å². The van der Waals surface area contributed by atoms with Crippen molar-refractivity contribution >= 4 is 0 Å². The highest BCUT2D eigenvalue weighted by Crippen LogP contribution is 1.99. The van der Waals surface area contributed by atoms with Gasteiger partial charge in [0.1, 0.15) is 11.6 Å². The number of piperazine rings is 1. The van der Waals surface area contributed by atoms with Crippen molar-refractivity contribution in [2.24, 2.45) is 0 Å². The summed E-state index contributed by atoms with van der Waals surface area (Å²) in [6.45, 7) is 4.74. The Bertz CT molecular complexity index is 269. The van der Waals surface area contributed by atoms with Crippen molar-refractivity contribution in [1.82, 2.24) is 10.2 Å². The van der Waals surface area contributed by atoms with Crippen LogP contribution in [0.5, 0.6) is 0 Å². The highest BCUT2D eigenvalue weighted by atomic mass is 19.1. The first-order valence-electron chi connectivity index (χ1n) is 4.99. The molecule has 0 amide bonds. The van der Waals surface area contributed by atoms with Gasteiger partial charge in [0.25, 0.3) is 0 Å². The molecule has 1 aromatic rings. The van der Waals surface area contributed by atoms with Crippen LogP contribution < -0.4 is 5.32 Å². The monoisotopic (exact) mass is 230 g/mol. The lowest BCUT2D eigenvalue weighted by atomic mass is 10.3. The van der Waals surface area contributed by atoms with Gasteiger partial charge in [0.2, 0.25) is 0 Å². The zero-order valence-corrected chi connectivity index (χ0v) is 8.84. The topological polar surface area (TPSA) is 15.3 Å². The second-order valence-corrected chi connectivity index (χ2v) is 3.49. The van der Waals surface area contributed by atoms with Gasteiger partial charge in [0, 0.05) is 32.2 Å². The highest BCUT2D eigenvalue weighted by molar-refractivity contribution is 5.04. The quantitative estimate of drug-likeness (QED) is 0.734. The average Bonchev–Trinajstić information content (AvgIpc) is 2.19. The maximum Gasteiger partial charge on any atom is 0.126 e. The van der Waals surface area contributed by atoms with Crippen LogP contribution in [0.3, 0.4) is 0 Å². The van der Waals surface area contributed by atoms with E-state index in [4.69, 9.17) is 0 Å². The molecule has 4 heteroatoms. The summed E-state index contributed by atoms with van der Waals surface area (Å²) in [5.41, 5.74) is 0. The van der Waals surface area contributed by atoms with E-state index in [2.05, 4.69) is 17.3 Å². The lowest BCUT2D eigenvalue weighted by molar-refractivity contribution is 0.291. The molecule has 16 heavy (non-hydrogen) atoms. The summed E-state index contributed by atoms with van der Waals surface area (Å²) in [7, 11) is 2.15. The van der Waals surface area contributed by atoms with E-state index in [9.17, 15) is 8.78 Å². The summed E-state index contributed by atoms with van der Waals surface area (Å²) in [6.07, 6.45) is 0. The van der Waals surface area contributed by atoms with Gasteiger partial charge in [-0.15, -0.1) is 0 Å². The molecule has 92 valence electrons. The molecule has 1 N–H and O–H groups in total. The van der Waals surface area contributed by atoms with Gasteiger partial charge in [-0.05, 0) is 19.2 Å². The van der Waals surface area contributed by atoms with Crippen molar-refractivity contribution < 1.29 is 8.78 Å². The Morgan fingerprint density at radius 1 is 1.12 bits per heavy atom. The molecular weight excluding hydrogens is 210 g/mol. The molecule has 1 aliphatic rings. The van der Waals surface area contributed by atoms with Crippen LogP contribution in [0.15, 0.2) is 24.3 Å². The Kier molecular flexibility index (Phi) is 7.68. The lowest BCUT2D eigenvalue weighted by Gasteiger charge is -2.21. The maximum atomic E-state index is 11.9. The molecule has 1 aromatic carbocycles. The van der Waals surface area contributed by atoms with Gasteiger partial charge in [-0.1, -0.05) is 13.5 Å². The van der Waals surface area contributed by atoms with Crippen molar-refractivity contribution in [2.45, 2.75) is 7.43 Å². The lowest BCUT2D eigenvalue weighted by Crippen LogP contribution is -2.40. The third-order valence-corrected chi connectivity index (χ3v) is 2.13. The zero-order chi connectivity index (χ0) is 11.1. The predicted molar refractivity (Wildman–Crippen MR) is 63.5 cm³/mol. The average molecular weight is 230 g/mol. The van der Waals surface area contributed by atoms with Crippen molar-refractivity contribution in [2.75, 3.05) is 33.2 Å². The fourth-order valence-corrected chi connectivity index (χ4v) is 1.24. The fraction of sp³-hybridized carbons (Fsp3) is 0.500. The second-order valence-electron chi connectivity index (χ2n) is 3.49. The molecule has 1 heterocycles. The van der Waals surface area contributed by atoms with Crippen molar-refractivity contribution in [3.05, 3.63) is 35.9 Å². The Morgan fingerprint density at radius 2 is 1.62 bits per heavy atom. The molecule has 1 saturated heterocycles. The third kappa shape index (κ3) is 6.48. The molecule has 2 nitrogen and oxygen atoms in total. The van der Waals surface area contributed by atoms with Crippen LogP contribution in [0.4, 0.5) is 8.78 Å². The number of hydrogen-bond acceptors (Lipinski definition) is 2. The van der Waals surface area contributed by atoms with Gasteiger partial charge in [0.05, 0.1) is 0 Å². The second kappa shape index (κ2) is 8.19. The van der Waals surface area contributed by atoms with Gasteiger partial charge >= 0.3 is 0 Å². The number of hydrogen-bond donors (Lipinski definition) is 1. The first-order chi connectivity index (χ1) is 7.18. The predicted octanol–water partition coefficient (Wildman–Crippen LogP) is 2.12. The van der Waals surface area contributed by atoms with E-state index in [1.807, 2.05) is 0 Å². The van der Waals surface area contributed by atoms with E-state index in [0.29, 0.717) is 0 Å². The number of nitrogens with zero attached hydrogens (tertiary/aromatic N) is 1. The summed E-state index contributed by atoms with van der Waals surface area (Å²) in [6, 6.07) is 4.55. The van der Waals surface area contributed by atoms with E-state index >= 15 is 0 Å². The summed E-state index contributed by atoms with van der Waals surface area (Å²) in [4.78, 5) is 2.33. The third-order valence-electron chi connectivity index (χ3n) is 2.13. The van der Waals surface area contributed by atoms with E-state index in [-0.39, 0.29) is 7.43 Å². The number of halogens is 2. The van der Waals surface area contributed by atoms with Crippen LogP contribution in [0.1, 0.15) is 7.43 Å². The van der Waals surface area contributed by atoms with Gasteiger partial charge < -0.3 is 10.2 Å². The summed E-state index contributed by atoms with van der Waals surface area (Å²) < 4.78 is 23.9. The molecule has 0 saturated carbocycles. The van der Waals surface area contributed by atoms with Crippen LogP contribution in [0.25, 0.3) is 0 Å². The SMILES string of the molecule is C.CN1CCNCC1.Fc1cccc(F)c1. The Hall–Kier alpha value is -1.00. The first kappa shape index (κ1) is 15.0. The molecule has 0 aromatic heterocycles. The van der Waals surface area contributed by atoms with Crippen molar-refractivity contribution in [1.29, 1.82) is 0 Å². The zero-order valence-electron chi connectivity index (χ0n) is 8.84. The molecular formula is C12H20F2N2. The van der Waals surface area contributed by atoms with Gasteiger partial charge in [-0.3, -0.25) is 0 Å². The number of benzene rings is 1. The molecule has 0 spiro atoms. The van der Waals surface area contributed by atoms with Crippen LogP contribution >= 0.6 is 0 Å². The van der Waals surface area contributed by atoms with Crippen molar-refractivity contribution in [3.8, 4) is 0 Å². The van der Waals surface area contributed by atoms with Gasteiger partial charge in [-0.2, -0.15) is 0 Å². The van der Waals surface area contributed by atoms with Crippen LogP contribution in [0, 0.1) is 11.6 Å². The Morgan fingerprint density at radius 3 is 1.88 bits per heavy atom. The minimum Gasteiger partial charge on any atom is -0.314 e. The van der Waals surface area contributed by atoms with Gasteiger partial charge in [-0.25, -0.2) is 8.78 Å². The number of likely N-dealkylation sites (N-methyl/N-ethyl adjacent to an activating group) is 1. The summed E-state index contributed by atoms with van der Waals surface area (Å²) in [5.74, 6) is -1.07. The van der Waals surface area contributed by atoms with Gasteiger partial charge in [0.15, 0.2) is 0 Å². The normalized spacial score (nSPS) is 15.7. The number of rotatable bonds is 0. The molecule has 1 fully saturated rings. The number of nitrogens with one attached hydrogen (secondary N) is 1. The summed E-state index contributed by atoms with van der Waals surface area (Å²) in [5, 5.41) is 3.27. The molecule has 0 unspecified atom stereocenters. The largest absolute Gasteiger partial charge is 0.314 e. The minimum atomic E-state index is -0.537. The standard InChI is InChI=1S/C6H4F2.C5H12N2.CH4/c7-5-2-1-3-6(8)4-5;1-7-4-2-6-3-5-7;/h1-4H;6H,2-5H2,1H3;1H4. The fourth-order valence-electron chi connectivity index (χ4n) is 1.24. The highest BCUT2D eigenvalue weighted by Gasteiger charge is 2.01. The molecule has 0 atom stereocenters.